The van der Waals surface area contributed by atoms with Gasteiger partial charge in [-0.3, -0.25) is 9.59 Å². The summed E-state index contributed by atoms with van der Waals surface area (Å²) in [6.07, 6.45) is 1.05. The molecule has 0 bridgehead atoms. The zero-order valence-corrected chi connectivity index (χ0v) is 17.2. The molecule has 0 fully saturated rings. The lowest BCUT2D eigenvalue weighted by molar-refractivity contribution is -0.126. The Labute approximate surface area is 171 Å². The van der Waals surface area contributed by atoms with Gasteiger partial charge in [0.1, 0.15) is 23.7 Å². The first kappa shape index (κ1) is 21.2. The van der Waals surface area contributed by atoms with Crippen LogP contribution in [0.4, 0.5) is 5.69 Å². The fraction of sp³-hybridized carbons (Fsp3) is 0.211. The van der Waals surface area contributed by atoms with Crippen LogP contribution < -0.4 is 25.0 Å². The van der Waals surface area contributed by atoms with Gasteiger partial charge in [-0.1, -0.05) is 0 Å². The molecule has 0 aliphatic carbocycles. The number of carbonyl (C=O) groups is 2. The van der Waals surface area contributed by atoms with Gasteiger partial charge in [-0.2, -0.15) is 5.10 Å². The van der Waals surface area contributed by atoms with E-state index >= 15 is 0 Å². The van der Waals surface area contributed by atoms with Gasteiger partial charge in [-0.05, 0) is 46.3 Å². The number of nitrogens with zero attached hydrogens (tertiary/aromatic N) is 1. The van der Waals surface area contributed by atoms with E-state index in [9.17, 15) is 9.59 Å². The third-order valence-electron chi connectivity index (χ3n) is 3.59. The summed E-state index contributed by atoms with van der Waals surface area (Å²) < 4.78 is 16.2. The molecule has 2 aromatic carbocycles. The molecule has 2 amide bonds. The van der Waals surface area contributed by atoms with Crippen molar-refractivity contribution >= 4 is 39.6 Å². The maximum Gasteiger partial charge on any atom is 0.249 e. The van der Waals surface area contributed by atoms with E-state index in [1.807, 2.05) is 0 Å². The van der Waals surface area contributed by atoms with Gasteiger partial charge < -0.3 is 19.5 Å². The van der Waals surface area contributed by atoms with Gasteiger partial charge >= 0.3 is 0 Å². The van der Waals surface area contributed by atoms with Crippen LogP contribution in [-0.4, -0.2) is 39.4 Å². The smallest absolute Gasteiger partial charge is 0.249 e. The molecule has 2 aromatic rings. The SMILES string of the molecule is COc1ccc(NC(=O)CC(=O)NN=Cc2cc(Br)c(OC)cc2OC)cc1. The Kier molecular flexibility index (Phi) is 7.82. The van der Waals surface area contributed by atoms with Crippen LogP contribution in [0.25, 0.3) is 0 Å². The standard InChI is InChI=1S/C19H20BrN3O5/c1-26-14-6-4-13(5-7-14)22-18(24)10-19(25)23-21-11-12-8-15(20)17(28-3)9-16(12)27-2/h4-9,11H,10H2,1-3H3,(H,22,24)(H,23,25). The fourth-order valence-electron chi connectivity index (χ4n) is 2.22. The first-order chi connectivity index (χ1) is 13.5. The van der Waals surface area contributed by atoms with E-state index in [1.165, 1.54) is 13.3 Å². The van der Waals surface area contributed by atoms with Crippen molar-refractivity contribution in [3.8, 4) is 17.2 Å². The lowest BCUT2D eigenvalue weighted by Crippen LogP contribution is -2.24. The topological polar surface area (TPSA) is 98.2 Å². The Morgan fingerprint density at radius 3 is 2.29 bits per heavy atom. The lowest BCUT2D eigenvalue weighted by atomic mass is 10.2. The predicted molar refractivity (Wildman–Crippen MR) is 109 cm³/mol. The maximum atomic E-state index is 11.9. The maximum absolute atomic E-state index is 11.9. The number of rotatable bonds is 8. The number of carbonyl (C=O) groups excluding carboxylic acids is 2. The molecule has 28 heavy (non-hydrogen) atoms. The molecule has 0 unspecified atom stereocenters. The molecular weight excluding hydrogens is 430 g/mol. The van der Waals surface area contributed by atoms with Gasteiger partial charge in [0.25, 0.3) is 0 Å². The zero-order chi connectivity index (χ0) is 20.5. The average molecular weight is 450 g/mol. The summed E-state index contributed by atoms with van der Waals surface area (Å²) in [5.74, 6) is 0.797. The Morgan fingerprint density at radius 2 is 1.68 bits per heavy atom. The van der Waals surface area contributed by atoms with Crippen molar-refractivity contribution in [3.05, 3.63) is 46.4 Å². The second-order valence-electron chi connectivity index (χ2n) is 5.48. The van der Waals surface area contributed by atoms with E-state index in [0.717, 1.165) is 0 Å². The first-order valence-corrected chi connectivity index (χ1v) is 8.93. The van der Waals surface area contributed by atoms with Crippen LogP contribution >= 0.6 is 15.9 Å². The van der Waals surface area contributed by atoms with Crippen molar-refractivity contribution in [2.24, 2.45) is 5.10 Å². The minimum absolute atomic E-state index is 0.368. The van der Waals surface area contributed by atoms with E-state index in [-0.39, 0.29) is 6.42 Å². The largest absolute Gasteiger partial charge is 0.497 e. The molecule has 0 saturated carbocycles. The van der Waals surface area contributed by atoms with E-state index in [1.54, 1.807) is 50.6 Å². The monoisotopic (exact) mass is 449 g/mol. The summed E-state index contributed by atoms with van der Waals surface area (Å²) in [5.41, 5.74) is 3.50. The van der Waals surface area contributed by atoms with Crippen molar-refractivity contribution < 1.29 is 23.8 Å². The number of nitrogens with one attached hydrogen (secondary N) is 2. The Hall–Kier alpha value is -3.07. The minimum atomic E-state index is -0.547. The normalized spacial score (nSPS) is 10.4. The number of anilines is 1. The molecule has 8 nitrogen and oxygen atoms in total. The van der Waals surface area contributed by atoms with E-state index in [0.29, 0.717) is 33.0 Å². The molecule has 0 saturated heterocycles. The highest BCUT2D eigenvalue weighted by molar-refractivity contribution is 9.10. The molecule has 0 aliphatic rings. The minimum Gasteiger partial charge on any atom is -0.497 e. The van der Waals surface area contributed by atoms with Crippen LogP contribution in [0.5, 0.6) is 17.2 Å². The predicted octanol–water partition coefficient (Wildman–Crippen LogP) is 2.95. The molecule has 0 aliphatic heterocycles. The Balaban J connectivity index is 1.90. The van der Waals surface area contributed by atoms with Gasteiger partial charge in [0.2, 0.25) is 11.8 Å². The molecular formula is C19H20BrN3O5. The highest BCUT2D eigenvalue weighted by atomic mass is 79.9. The van der Waals surface area contributed by atoms with Crippen LogP contribution in [0.15, 0.2) is 46.0 Å². The van der Waals surface area contributed by atoms with Crippen molar-refractivity contribution in [1.29, 1.82) is 0 Å². The number of hydrogen-bond donors (Lipinski definition) is 2. The number of halogens is 1. The number of amides is 2. The second kappa shape index (κ2) is 10.3. The van der Waals surface area contributed by atoms with Crippen LogP contribution in [0, 0.1) is 0 Å². The van der Waals surface area contributed by atoms with Gasteiger partial charge in [0.15, 0.2) is 0 Å². The molecule has 0 heterocycles. The number of benzene rings is 2. The first-order valence-electron chi connectivity index (χ1n) is 8.14. The number of hydrazone groups is 1. The summed E-state index contributed by atoms with van der Waals surface area (Å²) in [5, 5.41) is 6.49. The molecule has 2 N–H and O–H groups in total. The molecule has 9 heteroatoms. The van der Waals surface area contributed by atoms with Crippen LogP contribution in [0.3, 0.4) is 0 Å². The van der Waals surface area contributed by atoms with Gasteiger partial charge in [-0.15, -0.1) is 0 Å². The van der Waals surface area contributed by atoms with Gasteiger partial charge in [-0.25, -0.2) is 5.43 Å². The van der Waals surface area contributed by atoms with Crippen molar-refractivity contribution in [3.63, 3.8) is 0 Å². The number of ether oxygens (including phenoxy) is 3. The molecule has 0 atom stereocenters. The Bertz CT molecular complexity index is 869. The zero-order valence-electron chi connectivity index (χ0n) is 15.6. The quantitative estimate of drug-likeness (QED) is 0.366. The third-order valence-corrected chi connectivity index (χ3v) is 4.21. The fourth-order valence-corrected chi connectivity index (χ4v) is 2.75. The average Bonchev–Trinajstić information content (AvgIpc) is 2.68. The van der Waals surface area contributed by atoms with Crippen molar-refractivity contribution in [2.75, 3.05) is 26.6 Å². The summed E-state index contributed by atoms with van der Waals surface area (Å²) in [4.78, 5) is 23.8. The highest BCUT2D eigenvalue weighted by Crippen LogP contribution is 2.31. The molecule has 2 rings (SSSR count). The molecule has 148 valence electrons. The van der Waals surface area contributed by atoms with Gasteiger partial charge in [0.05, 0.1) is 32.0 Å². The van der Waals surface area contributed by atoms with E-state index in [4.69, 9.17) is 14.2 Å². The van der Waals surface area contributed by atoms with Crippen LogP contribution in [0.2, 0.25) is 0 Å². The molecule has 0 spiro atoms. The number of methoxy groups -OCH3 is 3. The van der Waals surface area contributed by atoms with Crippen LogP contribution in [-0.2, 0) is 9.59 Å². The van der Waals surface area contributed by atoms with Crippen LogP contribution in [0.1, 0.15) is 12.0 Å². The second-order valence-corrected chi connectivity index (χ2v) is 6.33. The van der Waals surface area contributed by atoms with Crippen molar-refractivity contribution in [1.82, 2.24) is 5.43 Å². The van der Waals surface area contributed by atoms with E-state index < -0.39 is 11.8 Å². The highest BCUT2D eigenvalue weighted by Gasteiger charge is 2.10. The summed E-state index contributed by atoms with van der Waals surface area (Å²) >= 11 is 3.37. The summed E-state index contributed by atoms with van der Waals surface area (Å²) in [7, 11) is 4.62. The Morgan fingerprint density at radius 1 is 1.00 bits per heavy atom. The lowest BCUT2D eigenvalue weighted by Gasteiger charge is -2.09. The third kappa shape index (κ3) is 5.98. The van der Waals surface area contributed by atoms with Crippen molar-refractivity contribution in [2.45, 2.75) is 6.42 Å². The van der Waals surface area contributed by atoms with E-state index in [2.05, 4.69) is 31.8 Å². The molecule has 0 radical (unpaired) electrons. The molecule has 0 aromatic heterocycles. The summed E-state index contributed by atoms with van der Waals surface area (Å²) in [6, 6.07) is 10.2. The summed E-state index contributed by atoms with van der Waals surface area (Å²) in [6.45, 7) is 0. The van der Waals surface area contributed by atoms with Gasteiger partial charge in [0, 0.05) is 17.3 Å². The number of hydrogen-bond acceptors (Lipinski definition) is 6.